The van der Waals surface area contributed by atoms with Gasteiger partial charge in [0.05, 0.1) is 25.3 Å². The molecule has 0 radical (unpaired) electrons. The zero-order chi connectivity index (χ0) is 16.2. The normalized spacial score (nSPS) is 15.7. The van der Waals surface area contributed by atoms with E-state index in [4.69, 9.17) is 25.9 Å². The summed E-state index contributed by atoms with van der Waals surface area (Å²) in [5.41, 5.74) is -0.910. The van der Waals surface area contributed by atoms with Crippen molar-refractivity contribution in [3.8, 4) is 0 Å². The van der Waals surface area contributed by atoms with E-state index in [1.165, 1.54) is 0 Å². The molecule has 1 aromatic rings. The highest BCUT2D eigenvalue weighted by Crippen LogP contribution is 2.32. The number of carbonyl (C=O) groups excluding carboxylic acids is 2. The Labute approximate surface area is 133 Å². The average molecular weight is 326 g/mol. The zero-order valence-corrected chi connectivity index (χ0v) is 13.1. The molecule has 0 amide bonds. The van der Waals surface area contributed by atoms with Gasteiger partial charge in [0.25, 0.3) is 0 Å². The van der Waals surface area contributed by atoms with Crippen molar-refractivity contribution < 1.29 is 23.9 Å². The van der Waals surface area contributed by atoms with Gasteiger partial charge in [0, 0.05) is 10.6 Å². The molecule has 0 fully saturated rings. The number of carbonyl (C=O) groups is 2. The molecular weight excluding hydrogens is 310 g/mol. The second-order valence-electron chi connectivity index (χ2n) is 4.55. The van der Waals surface area contributed by atoms with Gasteiger partial charge in [0.15, 0.2) is 0 Å². The van der Waals surface area contributed by atoms with Crippen molar-refractivity contribution in [3.05, 3.63) is 34.9 Å². The Kier molecular flexibility index (Phi) is 5.03. The number of ether oxygens (including phenoxy) is 2. The smallest absolute Gasteiger partial charge is 0.365 e. The van der Waals surface area contributed by atoms with Gasteiger partial charge < -0.3 is 14.3 Å². The molecule has 0 bridgehead atoms. The monoisotopic (exact) mass is 325 g/mol. The van der Waals surface area contributed by atoms with Crippen molar-refractivity contribution >= 4 is 29.3 Å². The van der Waals surface area contributed by atoms with E-state index in [1.807, 2.05) is 0 Å². The molecule has 0 N–H and O–H groups in total. The molecule has 2 rings (SSSR count). The van der Waals surface area contributed by atoms with Crippen molar-refractivity contribution in [1.82, 2.24) is 0 Å². The molecule has 1 aromatic carbocycles. The Morgan fingerprint density at radius 1 is 1.23 bits per heavy atom. The summed E-state index contributed by atoms with van der Waals surface area (Å²) < 4.78 is 9.88. The maximum absolute atomic E-state index is 12.2. The van der Waals surface area contributed by atoms with Crippen LogP contribution in [-0.4, -0.2) is 36.5 Å². The molecule has 1 aliphatic rings. The van der Waals surface area contributed by atoms with Crippen LogP contribution in [0.2, 0.25) is 5.02 Å². The lowest BCUT2D eigenvalue weighted by molar-refractivity contribution is -0.187. The van der Waals surface area contributed by atoms with Gasteiger partial charge in [-0.05, 0) is 19.9 Å². The fraction of sp³-hybridized carbons (Fsp3) is 0.400. The third-order valence-electron chi connectivity index (χ3n) is 3.12. The van der Waals surface area contributed by atoms with Crippen molar-refractivity contribution in [2.45, 2.75) is 25.9 Å². The molecule has 0 unspecified atom stereocenters. The van der Waals surface area contributed by atoms with Gasteiger partial charge >= 0.3 is 17.5 Å². The maximum Gasteiger partial charge on any atom is 0.365 e. The summed E-state index contributed by atoms with van der Waals surface area (Å²) in [7, 11) is 0. The van der Waals surface area contributed by atoms with E-state index in [2.05, 4.69) is 5.16 Å². The molecule has 0 saturated heterocycles. The largest absolute Gasteiger partial charge is 0.462 e. The lowest BCUT2D eigenvalue weighted by Crippen LogP contribution is -2.49. The van der Waals surface area contributed by atoms with E-state index in [0.29, 0.717) is 16.3 Å². The van der Waals surface area contributed by atoms with Gasteiger partial charge in [0.1, 0.15) is 0 Å². The molecule has 7 heteroatoms. The predicted molar refractivity (Wildman–Crippen MR) is 79.7 cm³/mol. The van der Waals surface area contributed by atoms with Crippen LogP contribution in [0.4, 0.5) is 0 Å². The summed E-state index contributed by atoms with van der Waals surface area (Å²) in [6.45, 7) is 3.51. The highest BCUT2D eigenvalue weighted by Gasteiger charge is 2.56. The summed E-state index contributed by atoms with van der Waals surface area (Å²) in [6, 6.07) is 6.97. The summed E-state index contributed by atoms with van der Waals surface area (Å²) in [5.74, 6) is -1.64. The highest BCUT2D eigenvalue weighted by molar-refractivity contribution is 6.34. The quantitative estimate of drug-likeness (QED) is 0.613. The number of oxime groups is 1. The van der Waals surface area contributed by atoms with Gasteiger partial charge in [0.2, 0.25) is 0 Å². The Morgan fingerprint density at radius 3 is 2.36 bits per heavy atom. The van der Waals surface area contributed by atoms with Crippen molar-refractivity contribution in [1.29, 1.82) is 0 Å². The van der Waals surface area contributed by atoms with Crippen molar-refractivity contribution in [3.63, 3.8) is 0 Å². The first-order valence-electron chi connectivity index (χ1n) is 6.89. The molecule has 0 atom stereocenters. The number of halogens is 1. The SMILES string of the molecule is CCOC(=O)C1(C(=O)OCC)CC(c2ccccc2Cl)=NO1. The standard InChI is InChI=1S/C15H16ClNO5/c1-3-20-13(18)15(14(19)21-4-2)9-12(17-22-15)10-7-5-6-8-11(10)16/h5-8H,3-4,9H2,1-2H3. The summed E-state index contributed by atoms with van der Waals surface area (Å²) in [5, 5.41) is 4.31. The van der Waals surface area contributed by atoms with Gasteiger partial charge in [-0.15, -0.1) is 0 Å². The second kappa shape index (κ2) is 6.79. The lowest BCUT2D eigenvalue weighted by Gasteiger charge is -2.21. The molecule has 1 aliphatic heterocycles. The van der Waals surface area contributed by atoms with E-state index in [0.717, 1.165) is 0 Å². The first kappa shape index (κ1) is 16.3. The van der Waals surface area contributed by atoms with Gasteiger partial charge in [-0.25, -0.2) is 9.59 Å². The zero-order valence-electron chi connectivity index (χ0n) is 12.3. The Morgan fingerprint density at radius 2 is 1.82 bits per heavy atom. The Bertz CT molecular complexity index is 596. The first-order chi connectivity index (χ1) is 10.5. The third kappa shape index (κ3) is 2.92. The van der Waals surface area contributed by atoms with Crippen LogP contribution in [0.15, 0.2) is 29.4 Å². The predicted octanol–water partition coefficient (Wildman–Crippen LogP) is 2.33. The van der Waals surface area contributed by atoms with Crippen LogP contribution in [0.1, 0.15) is 25.8 Å². The van der Waals surface area contributed by atoms with Gasteiger partial charge in [-0.1, -0.05) is 35.0 Å². The van der Waals surface area contributed by atoms with Crippen LogP contribution in [0.3, 0.4) is 0 Å². The molecule has 0 saturated carbocycles. The molecule has 0 aliphatic carbocycles. The second-order valence-corrected chi connectivity index (χ2v) is 4.96. The van der Waals surface area contributed by atoms with E-state index in [-0.39, 0.29) is 19.6 Å². The minimum absolute atomic E-state index is 0.0889. The minimum Gasteiger partial charge on any atom is -0.462 e. The molecule has 22 heavy (non-hydrogen) atoms. The molecule has 6 nitrogen and oxygen atoms in total. The number of hydrogen-bond donors (Lipinski definition) is 0. The van der Waals surface area contributed by atoms with E-state index < -0.39 is 17.5 Å². The molecule has 118 valence electrons. The molecule has 0 spiro atoms. The van der Waals surface area contributed by atoms with Crippen LogP contribution in [0.25, 0.3) is 0 Å². The Hall–Kier alpha value is -2.08. The molecule has 1 heterocycles. The van der Waals surface area contributed by atoms with Crippen LogP contribution < -0.4 is 0 Å². The Balaban J connectivity index is 2.31. The topological polar surface area (TPSA) is 74.2 Å². The maximum atomic E-state index is 12.2. The summed E-state index contributed by atoms with van der Waals surface area (Å²) in [6.07, 6.45) is -0.0889. The van der Waals surface area contributed by atoms with E-state index in [1.54, 1.807) is 38.1 Å². The van der Waals surface area contributed by atoms with Crippen molar-refractivity contribution in [2.24, 2.45) is 5.16 Å². The lowest BCUT2D eigenvalue weighted by atomic mass is 9.94. The number of hydrogen-bond acceptors (Lipinski definition) is 6. The van der Waals surface area contributed by atoms with Crippen LogP contribution in [-0.2, 0) is 23.9 Å². The molecular formula is C15H16ClNO5. The average Bonchev–Trinajstić information content (AvgIpc) is 2.94. The fourth-order valence-electron chi connectivity index (χ4n) is 2.07. The summed E-state index contributed by atoms with van der Waals surface area (Å²) >= 11 is 6.11. The van der Waals surface area contributed by atoms with Gasteiger partial charge in [-0.2, -0.15) is 0 Å². The number of rotatable bonds is 5. The first-order valence-corrected chi connectivity index (χ1v) is 7.27. The number of esters is 2. The summed E-state index contributed by atoms with van der Waals surface area (Å²) in [4.78, 5) is 29.6. The number of nitrogens with zero attached hydrogens (tertiary/aromatic N) is 1. The van der Waals surface area contributed by atoms with E-state index >= 15 is 0 Å². The van der Waals surface area contributed by atoms with Gasteiger partial charge in [-0.3, -0.25) is 0 Å². The van der Waals surface area contributed by atoms with Crippen LogP contribution in [0, 0.1) is 0 Å². The third-order valence-corrected chi connectivity index (χ3v) is 3.45. The van der Waals surface area contributed by atoms with Crippen LogP contribution in [0.5, 0.6) is 0 Å². The minimum atomic E-state index is -1.90. The highest BCUT2D eigenvalue weighted by atomic mass is 35.5. The molecule has 0 aromatic heterocycles. The van der Waals surface area contributed by atoms with Crippen molar-refractivity contribution in [2.75, 3.05) is 13.2 Å². The van der Waals surface area contributed by atoms with E-state index in [9.17, 15) is 9.59 Å². The fourth-order valence-corrected chi connectivity index (χ4v) is 2.32. The van der Waals surface area contributed by atoms with Crippen LogP contribution >= 0.6 is 11.6 Å². The number of benzene rings is 1.